The van der Waals surface area contributed by atoms with Gasteiger partial charge in [-0.3, -0.25) is 0 Å². The Kier molecular flexibility index (Phi) is 19.1. The summed E-state index contributed by atoms with van der Waals surface area (Å²) >= 11 is 0. The summed E-state index contributed by atoms with van der Waals surface area (Å²) < 4.78 is 10.8. The predicted molar refractivity (Wildman–Crippen MR) is 93.8 cm³/mol. The molecule has 0 aromatic heterocycles. The molecule has 110 valence electrons. The van der Waals surface area contributed by atoms with E-state index in [1.165, 1.54) is 36.4 Å². The Morgan fingerprint density at radius 2 is 1.22 bits per heavy atom. The molecule has 0 unspecified atom stereocenters. The Morgan fingerprint density at radius 3 is 1.61 bits per heavy atom. The average molecular weight is 327 g/mol. The molecule has 0 radical (unpaired) electrons. The van der Waals surface area contributed by atoms with E-state index >= 15 is 0 Å². The highest BCUT2D eigenvalue weighted by Crippen LogP contribution is 2.23. The maximum absolute atomic E-state index is 5.38. The fourth-order valence-electron chi connectivity index (χ4n) is 1.49. The standard InChI is InChI=1S/C12H30O2S2Si2/c1-3-13-11-17-9-5-7-15-16-8-6-10-18-12-14-4-2/h3-12,17-18H2,1-2H3. The van der Waals surface area contributed by atoms with E-state index in [0.29, 0.717) is 0 Å². The van der Waals surface area contributed by atoms with E-state index in [-0.39, 0.29) is 19.0 Å². The smallest absolute Gasteiger partial charge is 0.0516 e. The van der Waals surface area contributed by atoms with E-state index in [2.05, 4.69) is 35.4 Å². The van der Waals surface area contributed by atoms with E-state index in [9.17, 15) is 0 Å². The van der Waals surface area contributed by atoms with Crippen LogP contribution in [-0.4, -0.2) is 56.2 Å². The Labute approximate surface area is 126 Å². The molecule has 0 heterocycles. The Balaban J connectivity index is 2.86. The number of hydrogen-bond acceptors (Lipinski definition) is 4. The zero-order valence-corrected chi connectivity index (χ0v) is 16.6. The van der Waals surface area contributed by atoms with Gasteiger partial charge in [0.2, 0.25) is 0 Å². The summed E-state index contributed by atoms with van der Waals surface area (Å²) in [5.74, 6) is 2.67. The van der Waals surface area contributed by atoms with Crippen LogP contribution in [0.4, 0.5) is 0 Å². The van der Waals surface area contributed by atoms with Gasteiger partial charge in [0.1, 0.15) is 0 Å². The summed E-state index contributed by atoms with van der Waals surface area (Å²) in [7, 11) is 4.32. The van der Waals surface area contributed by atoms with Gasteiger partial charge in [0, 0.05) is 37.2 Å². The summed E-state index contributed by atoms with van der Waals surface area (Å²) in [4.78, 5) is 0. The second kappa shape index (κ2) is 18.1. The third kappa shape index (κ3) is 17.1. The normalized spacial score (nSPS) is 12.3. The Hall–Kier alpha value is 1.05. The minimum Gasteiger partial charge on any atom is -0.386 e. The summed E-state index contributed by atoms with van der Waals surface area (Å²) in [5.41, 5.74) is 0. The van der Waals surface area contributed by atoms with Crippen molar-refractivity contribution in [3.8, 4) is 0 Å². The highest BCUT2D eigenvalue weighted by atomic mass is 33.1. The van der Waals surface area contributed by atoms with Crippen molar-refractivity contribution in [3.63, 3.8) is 0 Å². The molecule has 0 aliphatic rings. The highest BCUT2D eigenvalue weighted by molar-refractivity contribution is 8.76. The molecule has 0 aliphatic heterocycles. The maximum atomic E-state index is 5.38. The molecule has 6 heteroatoms. The molecule has 0 saturated heterocycles. The van der Waals surface area contributed by atoms with Gasteiger partial charge in [0.15, 0.2) is 0 Å². The molecule has 0 aromatic carbocycles. The van der Waals surface area contributed by atoms with Crippen LogP contribution in [0.25, 0.3) is 0 Å². The van der Waals surface area contributed by atoms with Crippen molar-refractivity contribution in [3.05, 3.63) is 0 Å². The van der Waals surface area contributed by atoms with Crippen LogP contribution in [-0.2, 0) is 9.47 Å². The van der Waals surface area contributed by atoms with Gasteiger partial charge < -0.3 is 9.47 Å². The van der Waals surface area contributed by atoms with Crippen LogP contribution >= 0.6 is 21.6 Å². The van der Waals surface area contributed by atoms with Crippen LogP contribution in [0.1, 0.15) is 26.7 Å². The molecule has 0 atom stereocenters. The van der Waals surface area contributed by atoms with Gasteiger partial charge in [0.05, 0.1) is 19.0 Å². The van der Waals surface area contributed by atoms with E-state index in [4.69, 9.17) is 9.47 Å². The van der Waals surface area contributed by atoms with Crippen LogP contribution < -0.4 is 0 Å². The lowest BCUT2D eigenvalue weighted by molar-refractivity contribution is 0.192. The van der Waals surface area contributed by atoms with Crippen molar-refractivity contribution in [1.82, 2.24) is 0 Å². The monoisotopic (exact) mass is 326 g/mol. The van der Waals surface area contributed by atoms with Crippen molar-refractivity contribution in [1.29, 1.82) is 0 Å². The van der Waals surface area contributed by atoms with E-state index < -0.39 is 0 Å². The lowest BCUT2D eigenvalue weighted by Crippen LogP contribution is -2.03. The lowest BCUT2D eigenvalue weighted by atomic mass is 10.6. The van der Waals surface area contributed by atoms with Crippen molar-refractivity contribution >= 4 is 40.6 Å². The van der Waals surface area contributed by atoms with Gasteiger partial charge in [-0.1, -0.05) is 33.7 Å². The summed E-state index contributed by atoms with van der Waals surface area (Å²) in [6, 6.07) is 2.91. The number of rotatable bonds is 15. The van der Waals surface area contributed by atoms with Crippen LogP contribution in [0.2, 0.25) is 12.1 Å². The molecular formula is C12H30O2S2Si2. The SMILES string of the molecule is CCOC[SiH2]CCCSSCCC[SiH2]COCC. The quantitative estimate of drug-likeness (QED) is 0.261. The summed E-state index contributed by atoms with van der Waals surface area (Å²) in [6.45, 7) is 5.95. The zero-order valence-electron chi connectivity index (χ0n) is 12.1. The molecule has 0 aliphatic carbocycles. The summed E-state index contributed by atoms with van der Waals surface area (Å²) in [6.07, 6.45) is 4.96. The largest absolute Gasteiger partial charge is 0.386 e. The minimum atomic E-state index is 0.0912. The first-order valence-corrected chi connectivity index (χ1v) is 13.8. The molecule has 0 N–H and O–H groups in total. The fraction of sp³-hybridized carbons (Fsp3) is 1.00. The van der Waals surface area contributed by atoms with Gasteiger partial charge in [-0.25, -0.2) is 0 Å². The van der Waals surface area contributed by atoms with Gasteiger partial charge >= 0.3 is 0 Å². The van der Waals surface area contributed by atoms with Gasteiger partial charge in [-0.15, -0.1) is 0 Å². The van der Waals surface area contributed by atoms with E-state index in [1.54, 1.807) is 0 Å². The van der Waals surface area contributed by atoms with Crippen molar-refractivity contribution in [2.75, 3.05) is 37.2 Å². The van der Waals surface area contributed by atoms with Gasteiger partial charge in [-0.05, 0) is 26.7 Å². The molecule has 0 amide bonds. The summed E-state index contributed by atoms with van der Waals surface area (Å²) in [5, 5.41) is 0. The molecule has 0 rings (SSSR count). The maximum Gasteiger partial charge on any atom is 0.0516 e. The van der Waals surface area contributed by atoms with Crippen molar-refractivity contribution < 1.29 is 9.47 Å². The Morgan fingerprint density at radius 1 is 0.778 bits per heavy atom. The van der Waals surface area contributed by atoms with E-state index in [0.717, 1.165) is 25.7 Å². The molecule has 0 fully saturated rings. The molecule has 0 aromatic rings. The topological polar surface area (TPSA) is 18.5 Å². The third-order valence-electron chi connectivity index (χ3n) is 2.52. The molecule has 2 nitrogen and oxygen atoms in total. The molecule has 0 spiro atoms. The van der Waals surface area contributed by atoms with Crippen LogP contribution in [0.3, 0.4) is 0 Å². The fourth-order valence-corrected chi connectivity index (χ4v) is 7.11. The van der Waals surface area contributed by atoms with Crippen LogP contribution in [0.5, 0.6) is 0 Å². The lowest BCUT2D eigenvalue weighted by Gasteiger charge is -2.02. The minimum absolute atomic E-state index is 0.0912. The van der Waals surface area contributed by atoms with Crippen molar-refractivity contribution in [2.45, 2.75) is 38.8 Å². The second-order valence-electron chi connectivity index (χ2n) is 4.16. The van der Waals surface area contributed by atoms with Crippen LogP contribution in [0, 0.1) is 0 Å². The van der Waals surface area contributed by atoms with Crippen LogP contribution in [0.15, 0.2) is 0 Å². The molecule has 0 bridgehead atoms. The van der Waals surface area contributed by atoms with Crippen molar-refractivity contribution in [2.24, 2.45) is 0 Å². The third-order valence-corrected chi connectivity index (χ3v) is 8.26. The van der Waals surface area contributed by atoms with Gasteiger partial charge in [0.25, 0.3) is 0 Å². The number of hydrogen-bond donors (Lipinski definition) is 0. The van der Waals surface area contributed by atoms with E-state index in [1.807, 2.05) is 0 Å². The highest BCUT2D eigenvalue weighted by Gasteiger charge is 1.94. The molecule has 0 saturated carbocycles. The molecular weight excluding hydrogens is 296 g/mol. The Bertz CT molecular complexity index is 138. The average Bonchev–Trinajstić information content (AvgIpc) is 2.39. The first kappa shape index (κ1) is 19.1. The zero-order chi connectivity index (χ0) is 13.3. The molecule has 18 heavy (non-hydrogen) atoms. The predicted octanol–water partition coefficient (Wildman–Crippen LogP) is 2.31. The first-order chi connectivity index (χ1) is 8.91. The van der Waals surface area contributed by atoms with Gasteiger partial charge in [-0.2, -0.15) is 0 Å². The first-order valence-electron chi connectivity index (χ1n) is 7.31. The number of ether oxygens (including phenoxy) is 2. The second-order valence-corrected chi connectivity index (χ2v) is 10.5.